The van der Waals surface area contributed by atoms with Crippen molar-refractivity contribution in [3.63, 3.8) is 0 Å². The fourth-order valence-electron chi connectivity index (χ4n) is 3.32. The van der Waals surface area contributed by atoms with Crippen molar-refractivity contribution in [2.24, 2.45) is 11.8 Å². The molecule has 128 valence electrons. The van der Waals surface area contributed by atoms with E-state index < -0.39 is 0 Å². The molecule has 1 aliphatic rings. The predicted octanol–water partition coefficient (Wildman–Crippen LogP) is 2.82. The van der Waals surface area contributed by atoms with Crippen LogP contribution in [0.1, 0.15) is 37.3 Å². The number of nitrogens with one attached hydrogen (secondary N) is 2. The number of hydrogen-bond acceptors (Lipinski definition) is 3. The van der Waals surface area contributed by atoms with Crippen LogP contribution in [-0.2, 0) is 4.79 Å². The molecule has 1 unspecified atom stereocenters. The molecule has 1 aromatic carbocycles. The van der Waals surface area contributed by atoms with Gasteiger partial charge in [-0.2, -0.15) is 0 Å². The third kappa shape index (κ3) is 6.22. The first-order chi connectivity index (χ1) is 11.0. The van der Waals surface area contributed by atoms with E-state index in [-0.39, 0.29) is 5.91 Å². The Morgan fingerprint density at radius 2 is 1.91 bits per heavy atom. The summed E-state index contributed by atoms with van der Waals surface area (Å²) < 4.78 is 5.72. The zero-order chi connectivity index (χ0) is 16.7. The molecule has 2 N–H and O–H groups in total. The van der Waals surface area contributed by atoms with Gasteiger partial charge in [0.1, 0.15) is 12.4 Å². The van der Waals surface area contributed by atoms with Gasteiger partial charge in [-0.15, -0.1) is 0 Å². The molecule has 0 bridgehead atoms. The smallest absolute Gasteiger partial charge is 0.220 e. The Kier molecular flexibility index (Phi) is 6.90. The maximum atomic E-state index is 12.0. The summed E-state index contributed by atoms with van der Waals surface area (Å²) in [6, 6.07) is 6.17. The van der Waals surface area contributed by atoms with Gasteiger partial charge >= 0.3 is 0 Å². The molecule has 4 heteroatoms. The average Bonchev–Trinajstić information content (AvgIpc) is 2.51. The van der Waals surface area contributed by atoms with Crippen molar-refractivity contribution in [1.29, 1.82) is 0 Å². The van der Waals surface area contributed by atoms with Crippen molar-refractivity contribution < 1.29 is 9.53 Å². The van der Waals surface area contributed by atoms with E-state index in [1.165, 1.54) is 24.0 Å². The fraction of sp³-hybridized carbons (Fsp3) is 0.632. The van der Waals surface area contributed by atoms with Crippen molar-refractivity contribution in [3.8, 4) is 5.75 Å². The summed E-state index contributed by atoms with van der Waals surface area (Å²) in [5.41, 5.74) is 2.39. The van der Waals surface area contributed by atoms with Gasteiger partial charge in [0.25, 0.3) is 0 Å². The Morgan fingerprint density at radius 3 is 2.57 bits per heavy atom. The van der Waals surface area contributed by atoms with Crippen LogP contribution in [0.25, 0.3) is 0 Å². The van der Waals surface area contributed by atoms with Crippen LogP contribution in [0.15, 0.2) is 18.2 Å². The number of ether oxygens (including phenoxy) is 1. The third-order valence-electron chi connectivity index (χ3n) is 4.58. The van der Waals surface area contributed by atoms with Gasteiger partial charge < -0.3 is 15.4 Å². The Morgan fingerprint density at radius 1 is 1.26 bits per heavy atom. The van der Waals surface area contributed by atoms with Crippen LogP contribution in [0.2, 0.25) is 0 Å². The second kappa shape index (κ2) is 8.92. The number of benzene rings is 1. The maximum absolute atomic E-state index is 12.0. The number of carbonyl (C=O) groups is 1. The summed E-state index contributed by atoms with van der Waals surface area (Å²) in [4.78, 5) is 12.0. The van der Waals surface area contributed by atoms with E-state index in [0.29, 0.717) is 31.4 Å². The molecule has 4 nitrogen and oxygen atoms in total. The summed E-state index contributed by atoms with van der Waals surface area (Å²) in [6.07, 6.45) is 2.99. The van der Waals surface area contributed by atoms with Gasteiger partial charge in [0.05, 0.1) is 6.54 Å². The predicted molar refractivity (Wildman–Crippen MR) is 93.8 cm³/mol. The van der Waals surface area contributed by atoms with Gasteiger partial charge in [-0.1, -0.05) is 13.0 Å². The second-order valence-electron chi connectivity index (χ2n) is 6.79. The van der Waals surface area contributed by atoms with Gasteiger partial charge in [-0.25, -0.2) is 0 Å². The molecule has 0 aromatic heterocycles. The Hall–Kier alpha value is -1.55. The maximum Gasteiger partial charge on any atom is 0.220 e. The molecule has 0 radical (unpaired) electrons. The molecule has 2 rings (SSSR count). The molecule has 1 heterocycles. The van der Waals surface area contributed by atoms with Crippen molar-refractivity contribution in [2.45, 2.75) is 40.0 Å². The third-order valence-corrected chi connectivity index (χ3v) is 4.58. The highest BCUT2D eigenvalue weighted by Crippen LogP contribution is 2.24. The second-order valence-corrected chi connectivity index (χ2v) is 6.79. The molecule has 1 fully saturated rings. The van der Waals surface area contributed by atoms with Crippen LogP contribution >= 0.6 is 0 Å². The van der Waals surface area contributed by atoms with E-state index in [4.69, 9.17) is 4.74 Å². The topological polar surface area (TPSA) is 50.4 Å². The molecular weight excluding hydrogens is 288 g/mol. The summed E-state index contributed by atoms with van der Waals surface area (Å²) in [5, 5.41) is 6.34. The highest BCUT2D eigenvalue weighted by molar-refractivity contribution is 5.76. The molecule has 0 aliphatic carbocycles. The van der Waals surface area contributed by atoms with Gasteiger partial charge in [0.15, 0.2) is 0 Å². The highest BCUT2D eigenvalue weighted by Gasteiger charge is 2.21. The minimum atomic E-state index is 0.139. The Balaban J connectivity index is 1.64. The van der Waals surface area contributed by atoms with Gasteiger partial charge in [-0.05, 0) is 74.9 Å². The van der Waals surface area contributed by atoms with Crippen molar-refractivity contribution in [1.82, 2.24) is 10.6 Å². The zero-order valence-electron chi connectivity index (χ0n) is 14.7. The number of rotatable bonds is 7. The van der Waals surface area contributed by atoms with Crippen molar-refractivity contribution >= 4 is 5.91 Å². The molecule has 1 saturated heterocycles. The van der Waals surface area contributed by atoms with Crippen LogP contribution in [0.4, 0.5) is 0 Å². The van der Waals surface area contributed by atoms with E-state index in [9.17, 15) is 4.79 Å². The lowest BCUT2D eigenvalue weighted by Crippen LogP contribution is -2.34. The molecule has 0 spiro atoms. The SMILES string of the molecule is Cc1cc(C)cc(OCCNC(=O)CC(C)C2CCNCC2)c1. The van der Waals surface area contributed by atoms with E-state index in [0.717, 1.165) is 18.8 Å². The molecule has 1 aromatic rings. The largest absolute Gasteiger partial charge is 0.492 e. The monoisotopic (exact) mass is 318 g/mol. The van der Waals surface area contributed by atoms with Crippen LogP contribution in [0.5, 0.6) is 5.75 Å². The Bertz CT molecular complexity index is 490. The summed E-state index contributed by atoms with van der Waals surface area (Å²) in [6.45, 7) is 9.55. The standard InChI is InChI=1S/C19H30N2O2/c1-14-10-15(2)12-18(11-14)23-9-8-21-19(22)13-16(3)17-4-6-20-7-5-17/h10-12,16-17,20H,4-9,13H2,1-3H3,(H,21,22). The highest BCUT2D eigenvalue weighted by atomic mass is 16.5. The lowest BCUT2D eigenvalue weighted by atomic mass is 9.84. The van der Waals surface area contributed by atoms with Crippen molar-refractivity contribution in [3.05, 3.63) is 29.3 Å². The van der Waals surface area contributed by atoms with Crippen LogP contribution in [0, 0.1) is 25.7 Å². The van der Waals surface area contributed by atoms with Gasteiger partial charge in [0.2, 0.25) is 5.91 Å². The van der Waals surface area contributed by atoms with E-state index in [1.807, 2.05) is 12.1 Å². The van der Waals surface area contributed by atoms with Gasteiger partial charge in [0, 0.05) is 6.42 Å². The molecule has 1 atom stereocenters. The zero-order valence-corrected chi connectivity index (χ0v) is 14.7. The van der Waals surface area contributed by atoms with Crippen molar-refractivity contribution in [2.75, 3.05) is 26.2 Å². The molecule has 1 aliphatic heterocycles. The molecular formula is C19H30N2O2. The normalized spacial score (nSPS) is 16.8. The Labute approximate surface area is 140 Å². The lowest BCUT2D eigenvalue weighted by Gasteiger charge is -2.27. The van der Waals surface area contributed by atoms with E-state index >= 15 is 0 Å². The molecule has 1 amide bonds. The van der Waals surface area contributed by atoms with Crippen LogP contribution in [-0.4, -0.2) is 32.1 Å². The van der Waals surface area contributed by atoms with Crippen LogP contribution in [0.3, 0.4) is 0 Å². The number of piperidine rings is 1. The minimum absolute atomic E-state index is 0.139. The minimum Gasteiger partial charge on any atom is -0.492 e. The number of hydrogen-bond donors (Lipinski definition) is 2. The first-order valence-electron chi connectivity index (χ1n) is 8.73. The van der Waals surface area contributed by atoms with E-state index in [2.05, 4.69) is 37.5 Å². The quantitative estimate of drug-likeness (QED) is 0.760. The summed E-state index contributed by atoms with van der Waals surface area (Å²) in [5.74, 6) is 2.14. The van der Waals surface area contributed by atoms with Gasteiger partial charge in [-0.3, -0.25) is 4.79 Å². The molecule has 0 saturated carbocycles. The number of aryl methyl sites for hydroxylation is 2. The fourth-order valence-corrected chi connectivity index (χ4v) is 3.32. The lowest BCUT2D eigenvalue weighted by molar-refractivity contribution is -0.122. The summed E-state index contributed by atoms with van der Waals surface area (Å²) in [7, 11) is 0. The number of carbonyl (C=O) groups excluding carboxylic acids is 1. The van der Waals surface area contributed by atoms with E-state index in [1.54, 1.807) is 0 Å². The summed E-state index contributed by atoms with van der Waals surface area (Å²) >= 11 is 0. The van der Waals surface area contributed by atoms with Crippen LogP contribution < -0.4 is 15.4 Å². The number of amides is 1. The average molecular weight is 318 g/mol. The first-order valence-corrected chi connectivity index (χ1v) is 8.73. The molecule has 23 heavy (non-hydrogen) atoms. The first kappa shape index (κ1) is 17.8.